The molecule has 1 N–H and O–H groups in total. The Balaban J connectivity index is 2.17. The van der Waals surface area contributed by atoms with E-state index in [4.69, 9.17) is 16.7 Å². The van der Waals surface area contributed by atoms with Crippen molar-refractivity contribution in [3.63, 3.8) is 0 Å². The van der Waals surface area contributed by atoms with E-state index in [1.807, 2.05) is 0 Å². The summed E-state index contributed by atoms with van der Waals surface area (Å²) in [5.74, 6) is -3.80. The Morgan fingerprint density at radius 1 is 1.39 bits per heavy atom. The van der Waals surface area contributed by atoms with Crippen molar-refractivity contribution < 1.29 is 18.7 Å². The van der Waals surface area contributed by atoms with Gasteiger partial charge in [-0.15, -0.1) is 0 Å². The highest BCUT2D eigenvalue weighted by atomic mass is 35.5. The van der Waals surface area contributed by atoms with Gasteiger partial charge in [0.15, 0.2) is 5.15 Å². The first-order valence-electron chi connectivity index (χ1n) is 5.42. The van der Waals surface area contributed by atoms with Gasteiger partial charge in [-0.25, -0.2) is 18.6 Å². The van der Waals surface area contributed by atoms with Crippen LogP contribution in [0, 0.1) is 0 Å². The van der Waals surface area contributed by atoms with E-state index in [1.165, 1.54) is 12.1 Å². The number of halogens is 3. The standard InChI is InChI=1S/C11H11ClF2N2O2/c12-9-8(2-1-7(15-9)10(17)18)16-5-3-11(13,14)4-6-16/h1-2H,3-6H2,(H,17,18). The van der Waals surface area contributed by atoms with Crippen molar-refractivity contribution in [3.05, 3.63) is 23.0 Å². The summed E-state index contributed by atoms with van der Waals surface area (Å²) in [6.07, 6.45) is -0.464. The van der Waals surface area contributed by atoms with Crippen molar-refractivity contribution in [3.8, 4) is 0 Å². The first kappa shape index (κ1) is 13.0. The van der Waals surface area contributed by atoms with Crippen molar-refractivity contribution in [2.75, 3.05) is 18.0 Å². The molecule has 0 radical (unpaired) electrons. The number of alkyl halides is 2. The monoisotopic (exact) mass is 276 g/mol. The van der Waals surface area contributed by atoms with Crippen LogP contribution in [0.1, 0.15) is 23.3 Å². The van der Waals surface area contributed by atoms with Crippen molar-refractivity contribution in [2.24, 2.45) is 0 Å². The van der Waals surface area contributed by atoms with Crippen LogP contribution in [-0.4, -0.2) is 35.1 Å². The molecule has 1 aliphatic rings. The molecule has 1 fully saturated rings. The molecule has 1 aromatic rings. The maximum Gasteiger partial charge on any atom is 0.354 e. The lowest BCUT2D eigenvalue weighted by molar-refractivity contribution is -0.0220. The summed E-state index contributed by atoms with van der Waals surface area (Å²) in [6, 6.07) is 2.82. The van der Waals surface area contributed by atoms with Gasteiger partial charge in [-0.2, -0.15) is 0 Å². The van der Waals surface area contributed by atoms with Crippen LogP contribution in [0.2, 0.25) is 5.15 Å². The van der Waals surface area contributed by atoms with E-state index in [9.17, 15) is 13.6 Å². The van der Waals surface area contributed by atoms with E-state index in [0.717, 1.165) is 0 Å². The molecule has 0 aromatic carbocycles. The molecule has 98 valence electrons. The Bertz CT molecular complexity index is 472. The third kappa shape index (κ3) is 2.69. The number of pyridine rings is 1. The fraction of sp³-hybridized carbons (Fsp3) is 0.455. The van der Waals surface area contributed by atoms with E-state index in [2.05, 4.69) is 4.98 Å². The maximum atomic E-state index is 13.0. The minimum Gasteiger partial charge on any atom is -0.477 e. The number of carboxylic acids is 1. The molecule has 2 heterocycles. The number of piperidine rings is 1. The molecule has 0 amide bonds. The molecule has 18 heavy (non-hydrogen) atoms. The van der Waals surface area contributed by atoms with Crippen LogP contribution in [0.3, 0.4) is 0 Å². The maximum absolute atomic E-state index is 13.0. The second-order valence-electron chi connectivity index (χ2n) is 4.15. The molecule has 0 aliphatic carbocycles. The molecule has 1 aromatic heterocycles. The minimum atomic E-state index is -2.63. The summed E-state index contributed by atoms with van der Waals surface area (Å²) < 4.78 is 26.0. The van der Waals surface area contributed by atoms with Gasteiger partial charge in [-0.05, 0) is 12.1 Å². The molecule has 1 aliphatic heterocycles. The number of anilines is 1. The number of nitrogens with zero attached hydrogens (tertiary/aromatic N) is 2. The zero-order valence-corrected chi connectivity index (χ0v) is 10.1. The van der Waals surface area contributed by atoms with Gasteiger partial charge in [0, 0.05) is 25.9 Å². The average Bonchev–Trinajstić information content (AvgIpc) is 2.29. The average molecular weight is 277 g/mol. The normalized spacial score (nSPS) is 18.7. The Kier molecular flexibility index (Phi) is 3.38. The van der Waals surface area contributed by atoms with Crippen LogP contribution in [0.5, 0.6) is 0 Å². The number of hydrogen-bond donors (Lipinski definition) is 1. The van der Waals surface area contributed by atoms with Crippen LogP contribution < -0.4 is 4.90 Å². The molecule has 1 saturated heterocycles. The SMILES string of the molecule is O=C(O)c1ccc(N2CCC(F)(F)CC2)c(Cl)n1. The van der Waals surface area contributed by atoms with Gasteiger partial charge in [0.05, 0.1) is 5.69 Å². The van der Waals surface area contributed by atoms with E-state index in [0.29, 0.717) is 5.69 Å². The van der Waals surface area contributed by atoms with Crippen molar-refractivity contribution in [1.82, 2.24) is 4.98 Å². The Hall–Kier alpha value is -1.43. The fourth-order valence-electron chi connectivity index (χ4n) is 1.86. The smallest absolute Gasteiger partial charge is 0.354 e. The van der Waals surface area contributed by atoms with Gasteiger partial charge in [0.25, 0.3) is 5.92 Å². The van der Waals surface area contributed by atoms with E-state index in [-0.39, 0.29) is 36.8 Å². The summed E-state index contributed by atoms with van der Waals surface area (Å²) in [7, 11) is 0. The number of carbonyl (C=O) groups is 1. The van der Waals surface area contributed by atoms with Crippen molar-refractivity contribution in [1.29, 1.82) is 0 Å². The van der Waals surface area contributed by atoms with Crippen molar-refractivity contribution >= 4 is 23.3 Å². The zero-order chi connectivity index (χ0) is 13.3. The number of aromatic carboxylic acids is 1. The van der Waals surface area contributed by atoms with E-state index >= 15 is 0 Å². The quantitative estimate of drug-likeness (QED) is 0.844. The molecule has 0 spiro atoms. The predicted molar refractivity (Wildman–Crippen MR) is 62.6 cm³/mol. The van der Waals surface area contributed by atoms with Crippen LogP contribution >= 0.6 is 11.6 Å². The third-order valence-corrected chi connectivity index (χ3v) is 3.16. The Morgan fingerprint density at radius 3 is 2.50 bits per heavy atom. The number of carboxylic acid groups (broad SMARTS) is 1. The lowest BCUT2D eigenvalue weighted by Gasteiger charge is -2.33. The van der Waals surface area contributed by atoms with Gasteiger partial charge < -0.3 is 10.0 Å². The molecule has 0 saturated carbocycles. The number of rotatable bonds is 2. The second-order valence-corrected chi connectivity index (χ2v) is 4.51. The van der Waals surface area contributed by atoms with Crippen LogP contribution in [0.25, 0.3) is 0 Å². The highest BCUT2D eigenvalue weighted by molar-refractivity contribution is 6.32. The first-order valence-corrected chi connectivity index (χ1v) is 5.79. The summed E-state index contributed by atoms with van der Waals surface area (Å²) in [5.41, 5.74) is 0.336. The number of aromatic nitrogens is 1. The predicted octanol–water partition coefficient (Wildman–Crippen LogP) is 2.67. The minimum absolute atomic E-state index is 0.0279. The number of hydrogen-bond acceptors (Lipinski definition) is 3. The summed E-state index contributed by atoms with van der Waals surface area (Å²) in [6.45, 7) is 0.363. The molecule has 0 atom stereocenters. The molecular weight excluding hydrogens is 266 g/mol. The van der Waals surface area contributed by atoms with Crippen LogP contribution in [0.15, 0.2) is 12.1 Å². The topological polar surface area (TPSA) is 53.4 Å². The molecular formula is C11H11ClF2N2O2. The van der Waals surface area contributed by atoms with E-state index < -0.39 is 11.9 Å². The zero-order valence-electron chi connectivity index (χ0n) is 9.37. The molecule has 0 bridgehead atoms. The molecule has 0 unspecified atom stereocenters. The first-order chi connectivity index (χ1) is 8.39. The fourth-order valence-corrected chi connectivity index (χ4v) is 2.13. The Morgan fingerprint density at radius 2 is 2.00 bits per heavy atom. The van der Waals surface area contributed by atoms with E-state index in [1.54, 1.807) is 4.90 Å². The van der Waals surface area contributed by atoms with Gasteiger partial charge >= 0.3 is 5.97 Å². The summed E-state index contributed by atoms with van der Waals surface area (Å²) in [4.78, 5) is 16.1. The summed E-state index contributed by atoms with van der Waals surface area (Å²) in [5, 5.41) is 8.77. The van der Waals surface area contributed by atoms with Crippen LogP contribution in [0.4, 0.5) is 14.5 Å². The Labute approximate surface area is 107 Å². The van der Waals surface area contributed by atoms with Gasteiger partial charge in [-0.1, -0.05) is 11.6 Å². The second kappa shape index (κ2) is 4.68. The molecule has 4 nitrogen and oxygen atoms in total. The largest absolute Gasteiger partial charge is 0.477 e. The highest BCUT2D eigenvalue weighted by Gasteiger charge is 2.34. The summed E-state index contributed by atoms with van der Waals surface area (Å²) >= 11 is 5.87. The van der Waals surface area contributed by atoms with Crippen LogP contribution in [-0.2, 0) is 0 Å². The van der Waals surface area contributed by atoms with Gasteiger partial charge in [0.2, 0.25) is 0 Å². The van der Waals surface area contributed by atoms with Gasteiger partial charge in [-0.3, -0.25) is 0 Å². The van der Waals surface area contributed by atoms with Gasteiger partial charge in [0.1, 0.15) is 5.69 Å². The lowest BCUT2D eigenvalue weighted by atomic mass is 10.1. The lowest BCUT2D eigenvalue weighted by Crippen LogP contribution is -2.39. The third-order valence-electron chi connectivity index (χ3n) is 2.88. The van der Waals surface area contributed by atoms with Crippen molar-refractivity contribution in [2.45, 2.75) is 18.8 Å². The molecule has 7 heteroatoms. The molecule has 2 rings (SSSR count). The highest BCUT2D eigenvalue weighted by Crippen LogP contribution is 2.32.